The minimum Gasteiger partial charge on any atom is -0.370 e. The lowest BCUT2D eigenvalue weighted by Gasteiger charge is -2.44. The van der Waals surface area contributed by atoms with Crippen LogP contribution in [0.5, 0.6) is 0 Å². The number of nitrogens with one attached hydrogen (secondary N) is 1. The Morgan fingerprint density at radius 1 is 1.33 bits per heavy atom. The Kier molecular flexibility index (Phi) is 6.09. The average molecular weight is 256 g/mol. The molecule has 2 unspecified atom stereocenters. The zero-order chi connectivity index (χ0) is 13.8. The van der Waals surface area contributed by atoms with E-state index in [1.807, 2.05) is 0 Å². The van der Waals surface area contributed by atoms with Crippen LogP contribution in [0.3, 0.4) is 0 Å². The second-order valence-corrected chi connectivity index (χ2v) is 6.85. The van der Waals surface area contributed by atoms with E-state index in [9.17, 15) is 0 Å². The molecule has 3 heteroatoms. The van der Waals surface area contributed by atoms with Gasteiger partial charge in [-0.25, -0.2) is 0 Å². The van der Waals surface area contributed by atoms with Crippen molar-refractivity contribution in [2.24, 2.45) is 5.92 Å². The van der Waals surface area contributed by atoms with Crippen molar-refractivity contribution in [3.63, 3.8) is 0 Å². The number of hydrogen-bond acceptors (Lipinski definition) is 3. The number of hydrogen-bond donors (Lipinski definition) is 1. The zero-order valence-electron chi connectivity index (χ0n) is 13.1. The van der Waals surface area contributed by atoms with Crippen molar-refractivity contribution >= 4 is 0 Å². The molecule has 1 rings (SSSR count). The van der Waals surface area contributed by atoms with Crippen LogP contribution in [-0.2, 0) is 4.74 Å². The summed E-state index contributed by atoms with van der Waals surface area (Å²) in [6, 6.07) is 0.635. The lowest BCUT2D eigenvalue weighted by Crippen LogP contribution is -2.54. The van der Waals surface area contributed by atoms with E-state index in [0.717, 1.165) is 32.1 Å². The summed E-state index contributed by atoms with van der Waals surface area (Å²) < 4.78 is 5.95. The van der Waals surface area contributed by atoms with E-state index in [1.54, 1.807) is 0 Å². The molecule has 3 nitrogen and oxygen atoms in total. The standard InChI is InChI=1S/C15H32N2O/c1-12(2)9-16-8-7-13(3)17-10-14(4)18-15(5,6)11-17/h12-14,16H,7-11H2,1-6H3. The molecule has 2 atom stereocenters. The second kappa shape index (κ2) is 6.88. The maximum absolute atomic E-state index is 5.95. The third kappa shape index (κ3) is 5.68. The van der Waals surface area contributed by atoms with Crippen LogP contribution in [0.15, 0.2) is 0 Å². The molecule has 0 aromatic rings. The van der Waals surface area contributed by atoms with E-state index >= 15 is 0 Å². The first kappa shape index (κ1) is 15.9. The molecule has 0 radical (unpaired) electrons. The molecule has 0 aliphatic carbocycles. The first-order valence-electron chi connectivity index (χ1n) is 7.43. The molecular weight excluding hydrogens is 224 g/mol. The summed E-state index contributed by atoms with van der Waals surface area (Å²) in [6.07, 6.45) is 1.56. The smallest absolute Gasteiger partial charge is 0.0757 e. The lowest BCUT2D eigenvalue weighted by molar-refractivity contribution is -0.136. The lowest BCUT2D eigenvalue weighted by atomic mass is 10.0. The molecule has 1 aliphatic rings. The Morgan fingerprint density at radius 3 is 2.56 bits per heavy atom. The van der Waals surface area contributed by atoms with Gasteiger partial charge >= 0.3 is 0 Å². The molecule has 1 heterocycles. The first-order chi connectivity index (χ1) is 8.30. The van der Waals surface area contributed by atoms with Crippen molar-refractivity contribution in [1.29, 1.82) is 0 Å². The molecule has 0 amide bonds. The number of nitrogens with zero attached hydrogens (tertiary/aromatic N) is 1. The molecule has 0 spiro atoms. The minimum absolute atomic E-state index is 0.00269. The SMILES string of the molecule is CC(C)CNCCC(C)N1CC(C)OC(C)(C)C1. The molecule has 1 N–H and O–H groups in total. The van der Waals surface area contributed by atoms with Crippen LogP contribution in [0.25, 0.3) is 0 Å². The van der Waals surface area contributed by atoms with Gasteiger partial charge < -0.3 is 10.1 Å². The Morgan fingerprint density at radius 2 is 2.00 bits per heavy atom. The van der Waals surface area contributed by atoms with E-state index in [4.69, 9.17) is 4.74 Å². The highest BCUT2D eigenvalue weighted by molar-refractivity contribution is 4.85. The predicted octanol–water partition coefficient (Wildman–Crippen LogP) is 2.51. The van der Waals surface area contributed by atoms with Gasteiger partial charge in [-0.15, -0.1) is 0 Å². The Labute approximate surface area is 113 Å². The summed E-state index contributed by atoms with van der Waals surface area (Å²) in [4.78, 5) is 2.57. The zero-order valence-corrected chi connectivity index (χ0v) is 13.1. The van der Waals surface area contributed by atoms with Crippen LogP contribution in [0.4, 0.5) is 0 Å². The summed E-state index contributed by atoms with van der Waals surface area (Å²) in [7, 11) is 0. The molecule has 1 aliphatic heterocycles. The molecule has 108 valence electrons. The predicted molar refractivity (Wildman–Crippen MR) is 78.0 cm³/mol. The van der Waals surface area contributed by atoms with Crippen LogP contribution in [0.1, 0.15) is 48.0 Å². The van der Waals surface area contributed by atoms with Gasteiger partial charge in [0.05, 0.1) is 11.7 Å². The highest BCUT2D eigenvalue weighted by Gasteiger charge is 2.33. The van der Waals surface area contributed by atoms with Crippen molar-refractivity contribution in [2.75, 3.05) is 26.2 Å². The van der Waals surface area contributed by atoms with E-state index in [-0.39, 0.29) is 5.60 Å². The minimum atomic E-state index is -0.00269. The van der Waals surface area contributed by atoms with Gasteiger partial charge in [-0.05, 0) is 53.1 Å². The first-order valence-corrected chi connectivity index (χ1v) is 7.43. The molecule has 0 bridgehead atoms. The molecular formula is C15H32N2O. The molecule has 18 heavy (non-hydrogen) atoms. The normalized spacial score (nSPS) is 26.5. The van der Waals surface area contributed by atoms with Gasteiger partial charge in [0, 0.05) is 19.1 Å². The Balaban J connectivity index is 2.30. The highest BCUT2D eigenvalue weighted by Crippen LogP contribution is 2.22. The van der Waals surface area contributed by atoms with Gasteiger partial charge in [0.1, 0.15) is 0 Å². The number of ether oxygens (including phenoxy) is 1. The summed E-state index contributed by atoms with van der Waals surface area (Å²) >= 11 is 0. The summed E-state index contributed by atoms with van der Waals surface area (Å²) in [5.74, 6) is 0.739. The van der Waals surface area contributed by atoms with Gasteiger partial charge in [-0.3, -0.25) is 4.90 Å². The largest absolute Gasteiger partial charge is 0.370 e. The van der Waals surface area contributed by atoms with Crippen LogP contribution < -0.4 is 5.32 Å². The van der Waals surface area contributed by atoms with Crippen molar-refractivity contribution < 1.29 is 4.74 Å². The van der Waals surface area contributed by atoms with Crippen molar-refractivity contribution in [2.45, 2.75) is 65.7 Å². The maximum atomic E-state index is 5.95. The molecule has 0 saturated carbocycles. The van der Waals surface area contributed by atoms with Crippen molar-refractivity contribution in [3.8, 4) is 0 Å². The molecule has 0 aromatic carbocycles. The van der Waals surface area contributed by atoms with Gasteiger partial charge in [0.25, 0.3) is 0 Å². The topological polar surface area (TPSA) is 24.5 Å². The van der Waals surface area contributed by atoms with Crippen LogP contribution in [0, 0.1) is 5.92 Å². The fraction of sp³-hybridized carbons (Fsp3) is 1.00. The maximum Gasteiger partial charge on any atom is 0.0757 e. The third-order valence-electron chi connectivity index (χ3n) is 3.51. The van der Waals surface area contributed by atoms with Crippen LogP contribution >= 0.6 is 0 Å². The Bertz CT molecular complexity index is 241. The number of morpholine rings is 1. The third-order valence-corrected chi connectivity index (χ3v) is 3.51. The summed E-state index contributed by atoms with van der Waals surface area (Å²) in [6.45, 7) is 17.8. The van der Waals surface area contributed by atoms with Crippen molar-refractivity contribution in [3.05, 3.63) is 0 Å². The van der Waals surface area contributed by atoms with Gasteiger partial charge in [-0.2, -0.15) is 0 Å². The highest BCUT2D eigenvalue weighted by atomic mass is 16.5. The van der Waals surface area contributed by atoms with Gasteiger partial charge in [0.2, 0.25) is 0 Å². The van der Waals surface area contributed by atoms with E-state index < -0.39 is 0 Å². The quantitative estimate of drug-likeness (QED) is 0.739. The van der Waals surface area contributed by atoms with E-state index in [0.29, 0.717) is 12.1 Å². The van der Waals surface area contributed by atoms with E-state index in [2.05, 4.69) is 51.8 Å². The second-order valence-electron chi connectivity index (χ2n) is 6.85. The molecule has 1 saturated heterocycles. The molecule has 0 aromatic heterocycles. The summed E-state index contributed by atoms with van der Waals surface area (Å²) in [5, 5.41) is 3.53. The van der Waals surface area contributed by atoms with Crippen LogP contribution in [-0.4, -0.2) is 48.8 Å². The summed E-state index contributed by atoms with van der Waals surface area (Å²) in [5.41, 5.74) is -0.00269. The Hall–Kier alpha value is -0.120. The monoisotopic (exact) mass is 256 g/mol. The van der Waals surface area contributed by atoms with Gasteiger partial charge in [0.15, 0.2) is 0 Å². The molecule has 1 fully saturated rings. The fourth-order valence-electron chi connectivity index (χ4n) is 2.72. The van der Waals surface area contributed by atoms with Crippen molar-refractivity contribution in [1.82, 2.24) is 10.2 Å². The van der Waals surface area contributed by atoms with E-state index in [1.165, 1.54) is 6.42 Å². The van der Waals surface area contributed by atoms with Crippen LogP contribution in [0.2, 0.25) is 0 Å². The fourth-order valence-corrected chi connectivity index (χ4v) is 2.72. The number of rotatable bonds is 6. The average Bonchev–Trinajstić information content (AvgIpc) is 2.20. The van der Waals surface area contributed by atoms with Gasteiger partial charge in [-0.1, -0.05) is 13.8 Å².